The molecule has 1 aliphatic rings. The molecule has 3 aromatic rings. The number of ether oxygens (including phenoxy) is 1. The molecule has 1 aliphatic heterocycles. The van der Waals surface area contributed by atoms with E-state index in [9.17, 15) is 15.0 Å². The standard InChI is InChI=1S/C25H32N6O4/c1-2-3-10-31-24(27-28-29-31)21-16-20(22(32)17-23(21)33)18-6-4-7-19(15-18)25(34)26-8-5-9-30-11-13-35-14-12-30/h4,6-7,15-17,32-33H,2-3,5,8-14H2,1H3,(H,26,34). The molecule has 2 heterocycles. The molecule has 4 rings (SSSR count). The van der Waals surface area contributed by atoms with Crippen LogP contribution in [-0.2, 0) is 11.3 Å². The van der Waals surface area contributed by atoms with Gasteiger partial charge < -0.3 is 20.3 Å². The van der Waals surface area contributed by atoms with Gasteiger partial charge in [-0.1, -0.05) is 25.5 Å². The Hall–Kier alpha value is -3.50. The summed E-state index contributed by atoms with van der Waals surface area (Å²) in [4.78, 5) is 15.1. The first kappa shape index (κ1) is 24.6. The van der Waals surface area contributed by atoms with Gasteiger partial charge >= 0.3 is 0 Å². The summed E-state index contributed by atoms with van der Waals surface area (Å²) in [5.41, 5.74) is 2.04. The van der Waals surface area contributed by atoms with Gasteiger partial charge in [-0.25, -0.2) is 4.68 Å². The topological polar surface area (TPSA) is 126 Å². The minimum atomic E-state index is -0.171. The molecular formula is C25H32N6O4. The highest BCUT2D eigenvalue weighted by molar-refractivity contribution is 5.95. The van der Waals surface area contributed by atoms with Crippen molar-refractivity contribution in [1.29, 1.82) is 0 Å². The predicted octanol–water partition coefficient (Wildman–Crippen LogP) is 2.67. The third-order valence-electron chi connectivity index (χ3n) is 6.09. The number of amides is 1. The predicted molar refractivity (Wildman–Crippen MR) is 131 cm³/mol. The van der Waals surface area contributed by atoms with Crippen molar-refractivity contribution in [2.24, 2.45) is 0 Å². The highest BCUT2D eigenvalue weighted by atomic mass is 16.5. The number of carbonyl (C=O) groups excluding carboxylic acids is 1. The van der Waals surface area contributed by atoms with Gasteiger partial charge in [-0.3, -0.25) is 9.69 Å². The highest BCUT2D eigenvalue weighted by Gasteiger charge is 2.18. The normalized spacial score (nSPS) is 14.2. The van der Waals surface area contributed by atoms with Gasteiger partial charge in [-0.05, 0) is 53.6 Å². The molecule has 0 bridgehead atoms. The Balaban J connectivity index is 1.48. The van der Waals surface area contributed by atoms with Crippen LogP contribution in [0.3, 0.4) is 0 Å². The number of carbonyl (C=O) groups is 1. The number of phenolic OH excluding ortho intramolecular Hbond substituents is 2. The van der Waals surface area contributed by atoms with Gasteiger partial charge in [0.2, 0.25) is 0 Å². The van der Waals surface area contributed by atoms with Crippen molar-refractivity contribution >= 4 is 5.91 Å². The summed E-state index contributed by atoms with van der Waals surface area (Å²) in [6.07, 6.45) is 2.74. The van der Waals surface area contributed by atoms with Crippen molar-refractivity contribution in [1.82, 2.24) is 30.4 Å². The van der Waals surface area contributed by atoms with Crippen LogP contribution in [0.25, 0.3) is 22.5 Å². The number of nitrogens with one attached hydrogen (secondary N) is 1. The van der Waals surface area contributed by atoms with Crippen molar-refractivity contribution in [2.75, 3.05) is 39.4 Å². The Morgan fingerprint density at radius 1 is 1.06 bits per heavy atom. The maximum Gasteiger partial charge on any atom is 0.251 e. The SMILES string of the molecule is CCCCn1nnnc1-c1cc(-c2cccc(C(=O)NCCCN3CCOCC3)c2)c(O)cc1O. The number of aromatic hydroxyl groups is 2. The third kappa shape index (κ3) is 6.14. The van der Waals surface area contributed by atoms with Crippen LogP contribution in [0.2, 0.25) is 0 Å². The van der Waals surface area contributed by atoms with Gasteiger partial charge in [-0.2, -0.15) is 0 Å². The zero-order valence-corrected chi connectivity index (χ0v) is 20.0. The molecule has 0 saturated carbocycles. The molecule has 0 spiro atoms. The molecule has 1 amide bonds. The van der Waals surface area contributed by atoms with Crippen LogP contribution >= 0.6 is 0 Å². The van der Waals surface area contributed by atoms with Gasteiger partial charge in [0.05, 0.1) is 18.8 Å². The molecule has 0 unspecified atom stereocenters. The Kier molecular flexibility index (Phi) is 8.27. The van der Waals surface area contributed by atoms with Crippen LogP contribution in [0.4, 0.5) is 0 Å². The molecule has 186 valence electrons. The number of hydrogen-bond acceptors (Lipinski definition) is 8. The summed E-state index contributed by atoms with van der Waals surface area (Å²) in [5.74, 6) is 0.0389. The van der Waals surface area contributed by atoms with E-state index < -0.39 is 0 Å². The number of hydrogen-bond donors (Lipinski definition) is 3. The van der Waals surface area contributed by atoms with E-state index in [2.05, 4.69) is 32.7 Å². The first-order chi connectivity index (χ1) is 17.1. The molecular weight excluding hydrogens is 448 g/mol. The third-order valence-corrected chi connectivity index (χ3v) is 6.09. The first-order valence-electron chi connectivity index (χ1n) is 12.1. The van der Waals surface area contributed by atoms with E-state index in [0.29, 0.717) is 41.2 Å². The summed E-state index contributed by atoms with van der Waals surface area (Å²) in [6, 6.07) is 9.98. The number of morpholine rings is 1. The second kappa shape index (κ2) is 11.8. The van der Waals surface area contributed by atoms with Crippen molar-refractivity contribution < 1.29 is 19.7 Å². The van der Waals surface area contributed by atoms with Crippen molar-refractivity contribution in [3.8, 4) is 34.0 Å². The molecule has 10 nitrogen and oxygen atoms in total. The van der Waals surface area contributed by atoms with E-state index in [-0.39, 0.29) is 17.4 Å². The summed E-state index contributed by atoms with van der Waals surface area (Å²) in [6.45, 7) is 7.58. The fraction of sp³-hybridized carbons (Fsp3) is 0.440. The van der Waals surface area contributed by atoms with Crippen molar-refractivity contribution in [3.63, 3.8) is 0 Å². The fourth-order valence-corrected chi connectivity index (χ4v) is 4.10. The zero-order valence-electron chi connectivity index (χ0n) is 20.0. The minimum Gasteiger partial charge on any atom is -0.507 e. The average Bonchev–Trinajstić information content (AvgIpc) is 3.34. The molecule has 1 saturated heterocycles. The number of tetrazole rings is 1. The van der Waals surface area contributed by atoms with Gasteiger partial charge in [0.1, 0.15) is 11.5 Å². The largest absolute Gasteiger partial charge is 0.507 e. The monoisotopic (exact) mass is 480 g/mol. The first-order valence-corrected chi connectivity index (χ1v) is 12.1. The molecule has 10 heteroatoms. The van der Waals surface area contributed by atoms with Gasteiger partial charge in [0, 0.05) is 43.4 Å². The second-order valence-corrected chi connectivity index (χ2v) is 8.61. The van der Waals surface area contributed by atoms with Crippen LogP contribution in [0, 0.1) is 0 Å². The van der Waals surface area contributed by atoms with Crippen LogP contribution in [0.15, 0.2) is 36.4 Å². The number of unbranched alkanes of at least 4 members (excludes halogenated alkanes) is 1. The van der Waals surface area contributed by atoms with Crippen molar-refractivity contribution in [3.05, 3.63) is 42.0 Å². The molecule has 1 fully saturated rings. The average molecular weight is 481 g/mol. The lowest BCUT2D eigenvalue weighted by Crippen LogP contribution is -2.38. The quantitative estimate of drug-likeness (QED) is 0.378. The van der Waals surface area contributed by atoms with Gasteiger partial charge in [-0.15, -0.1) is 5.10 Å². The summed E-state index contributed by atoms with van der Waals surface area (Å²) < 4.78 is 7.00. The highest BCUT2D eigenvalue weighted by Crippen LogP contribution is 2.39. The lowest BCUT2D eigenvalue weighted by Gasteiger charge is -2.26. The number of benzene rings is 2. The number of aryl methyl sites for hydroxylation is 1. The number of phenols is 2. The van der Waals surface area contributed by atoms with Crippen LogP contribution in [0.1, 0.15) is 36.5 Å². The lowest BCUT2D eigenvalue weighted by molar-refractivity contribution is 0.0374. The Morgan fingerprint density at radius 3 is 2.66 bits per heavy atom. The van der Waals surface area contributed by atoms with E-state index in [1.165, 1.54) is 6.07 Å². The van der Waals surface area contributed by atoms with E-state index in [4.69, 9.17) is 4.74 Å². The number of rotatable bonds is 10. The van der Waals surface area contributed by atoms with E-state index in [1.54, 1.807) is 28.9 Å². The van der Waals surface area contributed by atoms with E-state index >= 15 is 0 Å². The minimum absolute atomic E-state index is 0.0955. The van der Waals surface area contributed by atoms with Gasteiger partial charge in [0.15, 0.2) is 5.82 Å². The Bertz CT molecular complexity index is 1140. The smallest absolute Gasteiger partial charge is 0.251 e. The molecule has 0 aliphatic carbocycles. The second-order valence-electron chi connectivity index (χ2n) is 8.61. The lowest BCUT2D eigenvalue weighted by atomic mass is 9.98. The molecule has 3 N–H and O–H groups in total. The summed E-state index contributed by atoms with van der Waals surface area (Å²) >= 11 is 0. The maximum atomic E-state index is 12.7. The maximum absolute atomic E-state index is 12.7. The van der Waals surface area contributed by atoms with Crippen LogP contribution in [0.5, 0.6) is 11.5 Å². The van der Waals surface area contributed by atoms with Crippen LogP contribution in [-0.4, -0.2) is 80.6 Å². The molecule has 2 aromatic carbocycles. The zero-order chi connectivity index (χ0) is 24.6. The van der Waals surface area contributed by atoms with E-state index in [0.717, 1.165) is 52.1 Å². The summed E-state index contributed by atoms with van der Waals surface area (Å²) in [7, 11) is 0. The van der Waals surface area contributed by atoms with Gasteiger partial charge in [0.25, 0.3) is 5.91 Å². The summed E-state index contributed by atoms with van der Waals surface area (Å²) in [5, 5.41) is 35.9. The molecule has 0 radical (unpaired) electrons. The molecule has 35 heavy (non-hydrogen) atoms. The van der Waals surface area contributed by atoms with Crippen molar-refractivity contribution in [2.45, 2.75) is 32.7 Å². The molecule has 0 atom stereocenters. The number of aromatic nitrogens is 4. The van der Waals surface area contributed by atoms with E-state index in [1.807, 2.05) is 6.07 Å². The Morgan fingerprint density at radius 2 is 1.86 bits per heavy atom. The Labute approximate surface area is 204 Å². The fourth-order valence-electron chi connectivity index (χ4n) is 4.10. The van der Waals surface area contributed by atoms with Crippen LogP contribution < -0.4 is 5.32 Å². The molecule has 1 aromatic heterocycles. The number of nitrogens with zero attached hydrogens (tertiary/aromatic N) is 5.